The van der Waals surface area contributed by atoms with Crippen LogP contribution in [0.15, 0.2) is 34.2 Å². The summed E-state index contributed by atoms with van der Waals surface area (Å²) >= 11 is 1.72. The van der Waals surface area contributed by atoms with Crippen molar-refractivity contribution in [1.29, 1.82) is 0 Å². The molecule has 1 atom stereocenters. The van der Waals surface area contributed by atoms with Crippen molar-refractivity contribution in [3.05, 3.63) is 24.3 Å². The Morgan fingerprint density at radius 1 is 1.47 bits per heavy atom. The summed E-state index contributed by atoms with van der Waals surface area (Å²) in [5.74, 6) is 0.868. The summed E-state index contributed by atoms with van der Waals surface area (Å²) in [6.45, 7) is 2.06. The largest absolute Gasteiger partial charge is 0.313 e. The van der Waals surface area contributed by atoms with E-state index < -0.39 is 0 Å². The molecule has 0 bridgehead atoms. The minimum Gasteiger partial charge on any atom is -0.313 e. The molecule has 1 aromatic carbocycles. The van der Waals surface area contributed by atoms with Crippen molar-refractivity contribution in [2.24, 2.45) is 4.99 Å². The number of aliphatic imine (C=N–C) groups is 1. The van der Waals surface area contributed by atoms with Gasteiger partial charge in [-0.25, -0.2) is 4.99 Å². The van der Waals surface area contributed by atoms with Crippen molar-refractivity contribution in [2.45, 2.75) is 23.0 Å². The maximum absolute atomic E-state index is 11.4. The van der Waals surface area contributed by atoms with E-state index in [0.29, 0.717) is 6.42 Å². The van der Waals surface area contributed by atoms with Crippen LogP contribution in [-0.2, 0) is 4.79 Å². The molecule has 0 spiro atoms. The van der Waals surface area contributed by atoms with Crippen molar-refractivity contribution in [1.82, 2.24) is 5.32 Å². The van der Waals surface area contributed by atoms with Gasteiger partial charge in [0, 0.05) is 11.3 Å². The predicted molar refractivity (Wildman–Crippen MR) is 60.6 cm³/mol. The van der Waals surface area contributed by atoms with Crippen molar-refractivity contribution in [3.63, 3.8) is 0 Å². The number of fused-ring (bicyclic) bond motifs is 2. The summed E-state index contributed by atoms with van der Waals surface area (Å²) in [5, 5.41) is 2.83. The van der Waals surface area contributed by atoms with E-state index in [9.17, 15) is 4.79 Å². The molecule has 2 heterocycles. The monoisotopic (exact) mass is 218 g/mol. The molecule has 0 aliphatic carbocycles. The first-order valence-corrected chi connectivity index (χ1v) is 5.66. The van der Waals surface area contributed by atoms with E-state index in [2.05, 4.69) is 17.2 Å². The van der Waals surface area contributed by atoms with Gasteiger partial charge in [0.05, 0.1) is 10.4 Å². The number of thioether (sulfide) groups is 1. The van der Waals surface area contributed by atoms with E-state index in [-0.39, 0.29) is 10.7 Å². The molecule has 3 rings (SSSR count). The Balaban J connectivity index is 2.14. The number of hydrogen-bond acceptors (Lipinski definition) is 3. The van der Waals surface area contributed by atoms with Gasteiger partial charge in [-0.05, 0) is 19.1 Å². The molecular formula is C11H10N2OS. The third kappa shape index (κ3) is 1.28. The maximum atomic E-state index is 11.4. The van der Waals surface area contributed by atoms with Gasteiger partial charge in [0.15, 0.2) is 0 Å². The average Bonchev–Trinajstić information content (AvgIpc) is 2.47. The van der Waals surface area contributed by atoms with Gasteiger partial charge in [-0.3, -0.25) is 4.79 Å². The van der Waals surface area contributed by atoms with Gasteiger partial charge >= 0.3 is 0 Å². The fraction of sp³-hybridized carbons (Fsp3) is 0.273. The lowest BCUT2D eigenvalue weighted by molar-refractivity contribution is -0.118. The number of benzene rings is 1. The Kier molecular flexibility index (Phi) is 1.71. The summed E-state index contributed by atoms with van der Waals surface area (Å²) in [4.78, 5) is 17.0. The van der Waals surface area contributed by atoms with Crippen LogP contribution in [0, 0.1) is 0 Å². The van der Waals surface area contributed by atoms with Gasteiger partial charge < -0.3 is 5.32 Å². The van der Waals surface area contributed by atoms with Gasteiger partial charge in [-0.15, -0.1) is 11.8 Å². The van der Waals surface area contributed by atoms with Gasteiger partial charge in [-0.1, -0.05) is 12.1 Å². The number of amidine groups is 1. The first-order valence-electron chi connectivity index (χ1n) is 4.84. The third-order valence-corrected chi connectivity index (χ3v) is 4.04. The van der Waals surface area contributed by atoms with E-state index in [4.69, 9.17) is 0 Å². The molecule has 4 heteroatoms. The molecule has 2 aliphatic rings. The molecule has 0 saturated carbocycles. The average molecular weight is 218 g/mol. The smallest absolute Gasteiger partial charge is 0.227 e. The van der Waals surface area contributed by atoms with Crippen LogP contribution in [0.25, 0.3) is 0 Å². The molecular weight excluding hydrogens is 208 g/mol. The van der Waals surface area contributed by atoms with Crippen LogP contribution in [0.4, 0.5) is 5.69 Å². The van der Waals surface area contributed by atoms with Gasteiger partial charge in [0.25, 0.3) is 0 Å². The van der Waals surface area contributed by atoms with Crippen LogP contribution in [0.3, 0.4) is 0 Å². The van der Waals surface area contributed by atoms with Crippen molar-refractivity contribution in [3.8, 4) is 0 Å². The summed E-state index contributed by atoms with van der Waals surface area (Å²) in [6, 6.07) is 7.98. The second-order valence-electron chi connectivity index (χ2n) is 3.99. The molecule has 1 N–H and O–H groups in total. The highest BCUT2D eigenvalue weighted by molar-refractivity contribution is 8.01. The summed E-state index contributed by atoms with van der Waals surface area (Å²) in [6.07, 6.45) is 0.519. The Labute approximate surface area is 92.0 Å². The van der Waals surface area contributed by atoms with Crippen LogP contribution >= 0.6 is 11.8 Å². The fourth-order valence-corrected chi connectivity index (χ4v) is 3.18. The first kappa shape index (κ1) is 8.97. The van der Waals surface area contributed by atoms with Crippen LogP contribution in [0.2, 0.25) is 0 Å². The van der Waals surface area contributed by atoms with E-state index in [1.54, 1.807) is 11.8 Å². The lowest BCUT2D eigenvalue weighted by atomic mass is 10.1. The molecule has 0 aromatic heterocycles. The second kappa shape index (κ2) is 2.85. The quantitative estimate of drug-likeness (QED) is 0.724. The third-order valence-electron chi connectivity index (χ3n) is 2.69. The van der Waals surface area contributed by atoms with Gasteiger partial charge in [0.2, 0.25) is 5.91 Å². The Bertz CT molecular complexity index is 483. The summed E-state index contributed by atoms with van der Waals surface area (Å²) < 4.78 is -0.189. The molecule has 1 fully saturated rings. The maximum Gasteiger partial charge on any atom is 0.227 e. The highest BCUT2D eigenvalue weighted by atomic mass is 32.2. The second-order valence-corrected chi connectivity index (χ2v) is 5.53. The molecule has 1 saturated heterocycles. The Hall–Kier alpha value is -1.29. The number of para-hydroxylation sites is 1. The fourth-order valence-electron chi connectivity index (χ4n) is 1.93. The zero-order chi connectivity index (χ0) is 10.5. The topological polar surface area (TPSA) is 41.5 Å². The minimum absolute atomic E-state index is 0.0663. The molecule has 2 aliphatic heterocycles. The number of carbonyl (C=O) groups is 1. The lowest BCUT2D eigenvalue weighted by Gasteiger charge is -2.26. The number of carbonyl (C=O) groups excluding carboxylic acids is 1. The predicted octanol–water partition coefficient (Wildman–Crippen LogP) is 2.10. The van der Waals surface area contributed by atoms with Crippen LogP contribution in [0.1, 0.15) is 13.3 Å². The molecule has 0 radical (unpaired) electrons. The molecule has 15 heavy (non-hydrogen) atoms. The van der Waals surface area contributed by atoms with E-state index in [1.165, 1.54) is 0 Å². The zero-order valence-corrected chi connectivity index (χ0v) is 9.10. The van der Waals surface area contributed by atoms with Crippen LogP contribution in [-0.4, -0.2) is 16.5 Å². The number of hydrogen-bond donors (Lipinski definition) is 1. The van der Waals surface area contributed by atoms with Crippen molar-refractivity contribution >= 4 is 29.2 Å². The van der Waals surface area contributed by atoms with E-state index in [1.807, 2.05) is 24.3 Å². The summed E-state index contributed by atoms with van der Waals surface area (Å²) in [5.41, 5.74) is 0.956. The first-order chi connectivity index (χ1) is 7.17. The highest BCUT2D eigenvalue weighted by Gasteiger charge is 2.43. The molecule has 3 nitrogen and oxygen atoms in total. The number of nitrogens with one attached hydrogen (secondary N) is 1. The van der Waals surface area contributed by atoms with E-state index >= 15 is 0 Å². The van der Waals surface area contributed by atoms with Gasteiger partial charge in [-0.2, -0.15) is 0 Å². The van der Waals surface area contributed by atoms with Crippen LogP contribution < -0.4 is 5.32 Å². The van der Waals surface area contributed by atoms with Crippen molar-refractivity contribution in [2.75, 3.05) is 0 Å². The Morgan fingerprint density at radius 3 is 3.13 bits per heavy atom. The summed E-state index contributed by atoms with van der Waals surface area (Å²) in [7, 11) is 0. The minimum atomic E-state index is -0.189. The molecule has 1 amide bonds. The van der Waals surface area contributed by atoms with Gasteiger partial charge in [0.1, 0.15) is 5.84 Å². The SMILES string of the molecule is CC12CC(=O)NC1=Nc1ccccc1S2. The normalized spacial score (nSPS) is 27.8. The Morgan fingerprint density at radius 2 is 2.27 bits per heavy atom. The molecule has 76 valence electrons. The van der Waals surface area contributed by atoms with Crippen LogP contribution in [0.5, 0.6) is 0 Å². The molecule has 1 unspecified atom stereocenters. The number of nitrogens with zero attached hydrogens (tertiary/aromatic N) is 1. The standard InChI is InChI=1S/C11H10N2OS/c1-11-6-9(14)13-10(11)12-7-4-2-3-5-8(7)15-11/h2-5H,6H2,1H3,(H,12,13,14). The lowest BCUT2D eigenvalue weighted by Crippen LogP contribution is -2.33. The van der Waals surface area contributed by atoms with E-state index in [0.717, 1.165) is 16.4 Å². The number of rotatable bonds is 0. The number of amides is 1. The molecule has 1 aromatic rings. The van der Waals surface area contributed by atoms with Crippen molar-refractivity contribution < 1.29 is 4.79 Å². The highest BCUT2D eigenvalue weighted by Crippen LogP contribution is 2.46. The zero-order valence-electron chi connectivity index (χ0n) is 8.28.